The normalized spacial score (nSPS) is 9.61. The molecule has 0 radical (unpaired) electrons. The van der Waals surface area contributed by atoms with Gasteiger partial charge in [-0.3, -0.25) is 9.59 Å². The number of carboxylic acids is 1. The first-order chi connectivity index (χ1) is 8.47. The summed E-state index contributed by atoms with van der Waals surface area (Å²) in [5, 5.41) is 12.7. The molecule has 0 heterocycles. The van der Waals surface area contributed by atoms with E-state index in [2.05, 4.69) is 5.32 Å². The Labute approximate surface area is 104 Å². The molecule has 1 amide bonds. The second kappa shape index (κ2) is 6.39. The van der Waals surface area contributed by atoms with Gasteiger partial charge in [0.2, 0.25) is 5.91 Å². The van der Waals surface area contributed by atoms with E-state index in [1.54, 1.807) is 12.1 Å². The average Bonchev–Trinajstić information content (AvgIpc) is 2.28. The molecule has 0 atom stereocenters. The molecule has 96 valence electrons. The first-order valence-corrected chi connectivity index (χ1v) is 5.25. The van der Waals surface area contributed by atoms with Gasteiger partial charge >= 0.3 is 5.97 Å². The minimum absolute atomic E-state index is 0.200. The fraction of sp³-hybridized carbons (Fsp3) is 0.250. The minimum Gasteiger partial charge on any atom is -0.550 e. The lowest BCUT2D eigenvalue weighted by molar-refractivity contribution is -0.305. The lowest BCUT2D eigenvalue weighted by Gasteiger charge is -2.06. The summed E-state index contributed by atoms with van der Waals surface area (Å²) in [5.74, 6) is -1.86. The number of carbonyl (C=O) groups is 3. The highest BCUT2D eigenvalue weighted by Gasteiger charge is 2.05. The highest BCUT2D eigenvalue weighted by molar-refractivity contribution is 5.88. The van der Waals surface area contributed by atoms with Crippen molar-refractivity contribution in [3.05, 3.63) is 24.3 Å². The van der Waals surface area contributed by atoms with E-state index in [9.17, 15) is 19.5 Å². The Balaban J connectivity index is 2.50. The van der Waals surface area contributed by atoms with Gasteiger partial charge in [0, 0.05) is 18.6 Å². The van der Waals surface area contributed by atoms with E-state index in [0.717, 1.165) is 0 Å². The summed E-state index contributed by atoms with van der Waals surface area (Å²) in [6, 6.07) is 6.15. The number of esters is 1. The van der Waals surface area contributed by atoms with E-state index >= 15 is 0 Å². The lowest BCUT2D eigenvalue weighted by Crippen LogP contribution is -2.23. The lowest BCUT2D eigenvalue weighted by atomic mass is 10.3. The summed E-state index contributed by atoms with van der Waals surface area (Å²) < 4.78 is 4.88. The maximum Gasteiger partial charge on any atom is 0.311 e. The first-order valence-electron chi connectivity index (χ1n) is 5.25. The quantitative estimate of drug-likeness (QED) is 0.589. The number of anilines is 1. The zero-order valence-corrected chi connectivity index (χ0v) is 9.76. The van der Waals surface area contributed by atoms with Crippen molar-refractivity contribution in [3.63, 3.8) is 0 Å². The van der Waals surface area contributed by atoms with Crippen LogP contribution >= 0.6 is 0 Å². The first kappa shape index (κ1) is 13.7. The molecular formula is C12H12NO5-. The van der Waals surface area contributed by atoms with Gasteiger partial charge in [0.25, 0.3) is 0 Å². The smallest absolute Gasteiger partial charge is 0.311 e. The molecular weight excluding hydrogens is 238 g/mol. The zero-order chi connectivity index (χ0) is 13.5. The Kier molecular flexibility index (Phi) is 4.86. The maximum absolute atomic E-state index is 11.2. The SMILES string of the molecule is CC(=O)Nc1ccc(OC(=O)CCC(=O)[O-])cc1. The van der Waals surface area contributed by atoms with Crippen molar-refractivity contribution in [3.8, 4) is 5.75 Å². The molecule has 1 N–H and O–H groups in total. The van der Waals surface area contributed by atoms with E-state index in [1.165, 1.54) is 19.1 Å². The molecule has 6 nitrogen and oxygen atoms in total. The summed E-state index contributed by atoms with van der Waals surface area (Å²) in [5.41, 5.74) is 0.581. The number of rotatable bonds is 5. The van der Waals surface area contributed by atoms with Crippen LogP contribution in [0.5, 0.6) is 5.75 Å². The van der Waals surface area contributed by atoms with Gasteiger partial charge in [-0.05, 0) is 30.7 Å². The van der Waals surface area contributed by atoms with Gasteiger partial charge in [-0.1, -0.05) is 0 Å². The van der Waals surface area contributed by atoms with Crippen molar-refractivity contribution < 1.29 is 24.2 Å². The van der Waals surface area contributed by atoms with Crippen LogP contribution < -0.4 is 15.2 Å². The van der Waals surface area contributed by atoms with Crippen LogP contribution in [0.15, 0.2) is 24.3 Å². The van der Waals surface area contributed by atoms with Crippen LogP contribution in [0.25, 0.3) is 0 Å². The Morgan fingerprint density at radius 1 is 1.17 bits per heavy atom. The summed E-state index contributed by atoms with van der Waals surface area (Å²) in [6.45, 7) is 1.38. The van der Waals surface area contributed by atoms with Crippen LogP contribution in [-0.4, -0.2) is 17.8 Å². The molecule has 0 bridgehead atoms. The van der Waals surface area contributed by atoms with Crippen LogP contribution in [-0.2, 0) is 14.4 Å². The van der Waals surface area contributed by atoms with Gasteiger partial charge in [-0.2, -0.15) is 0 Å². The third-order valence-electron chi connectivity index (χ3n) is 1.94. The van der Waals surface area contributed by atoms with Crippen molar-refractivity contribution in [1.29, 1.82) is 0 Å². The van der Waals surface area contributed by atoms with E-state index in [4.69, 9.17) is 4.74 Å². The Hall–Kier alpha value is -2.37. The number of benzene rings is 1. The molecule has 0 aliphatic carbocycles. The minimum atomic E-state index is -1.30. The molecule has 1 rings (SSSR count). The fourth-order valence-electron chi connectivity index (χ4n) is 1.20. The topological polar surface area (TPSA) is 95.5 Å². The highest BCUT2D eigenvalue weighted by atomic mass is 16.5. The predicted octanol–water partition coefficient (Wildman–Crippen LogP) is 0.0805. The molecule has 6 heteroatoms. The third-order valence-corrected chi connectivity index (χ3v) is 1.94. The summed E-state index contributed by atoms with van der Waals surface area (Å²) in [7, 11) is 0. The molecule has 0 fully saturated rings. The molecule has 1 aromatic rings. The number of carboxylic acid groups (broad SMARTS) is 1. The van der Waals surface area contributed by atoms with Gasteiger partial charge in [0.05, 0.1) is 6.42 Å². The predicted molar refractivity (Wildman–Crippen MR) is 60.6 cm³/mol. The van der Waals surface area contributed by atoms with E-state index in [-0.39, 0.29) is 24.5 Å². The van der Waals surface area contributed by atoms with Gasteiger partial charge in [-0.15, -0.1) is 0 Å². The molecule has 0 aromatic heterocycles. The maximum atomic E-state index is 11.2. The van der Waals surface area contributed by atoms with E-state index < -0.39 is 11.9 Å². The summed E-state index contributed by atoms with van der Waals surface area (Å²) in [4.78, 5) is 32.1. The molecule has 0 saturated heterocycles. The fourth-order valence-corrected chi connectivity index (χ4v) is 1.20. The number of amides is 1. The Morgan fingerprint density at radius 2 is 1.78 bits per heavy atom. The largest absolute Gasteiger partial charge is 0.550 e. The van der Waals surface area contributed by atoms with Crippen LogP contribution in [0.3, 0.4) is 0 Å². The van der Waals surface area contributed by atoms with Crippen molar-refractivity contribution in [2.24, 2.45) is 0 Å². The molecule has 0 unspecified atom stereocenters. The number of nitrogens with one attached hydrogen (secondary N) is 1. The van der Waals surface area contributed by atoms with Crippen molar-refractivity contribution >= 4 is 23.5 Å². The van der Waals surface area contributed by atoms with Crippen LogP contribution in [0, 0.1) is 0 Å². The molecule has 18 heavy (non-hydrogen) atoms. The van der Waals surface area contributed by atoms with Crippen molar-refractivity contribution in [2.45, 2.75) is 19.8 Å². The number of hydrogen-bond acceptors (Lipinski definition) is 5. The summed E-state index contributed by atoms with van der Waals surface area (Å²) in [6.07, 6.45) is -0.613. The number of carbonyl (C=O) groups excluding carboxylic acids is 3. The molecule has 1 aromatic carbocycles. The average molecular weight is 250 g/mol. The Bertz CT molecular complexity index is 452. The summed E-state index contributed by atoms with van der Waals surface area (Å²) >= 11 is 0. The molecule has 0 saturated carbocycles. The monoisotopic (exact) mass is 250 g/mol. The van der Waals surface area contributed by atoms with Gasteiger partial charge < -0.3 is 20.0 Å². The van der Waals surface area contributed by atoms with E-state index in [1.807, 2.05) is 0 Å². The second-order valence-electron chi connectivity index (χ2n) is 3.55. The third kappa shape index (κ3) is 5.11. The Morgan fingerprint density at radius 3 is 2.28 bits per heavy atom. The second-order valence-corrected chi connectivity index (χ2v) is 3.55. The van der Waals surface area contributed by atoms with Gasteiger partial charge in [0.15, 0.2) is 0 Å². The molecule has 0 spiro atoms. The standard InChI is InChI=1S/C12H13NO5/c1-8(14)13-9-2-4-10(5-3-9)18-12(17)7-6-11(15)16/h2-5H,6-7H2,1H3,(H,13,14)(H,15,16)/p-1. The van der Waals surface area contributed by atoms with Crippen LogP contribution in [0.1, 0.15) is 19.8 Å². The molecule has 0 aliphatic heterocycles. The number of ether oxygens (including phenoxy) is 1. The number of hydrogen-bond donors (Lipinski definition) is 1. The van der Waals surface area contributed by atoms with Crippen molar-refractivity contribution in [2.75, 3.05) is 5.32 Å². The zero-order valence-electron chi connectivity index (χ0n) is 9.76. The number of aliphatic carboxylic acids is 1. The van der Waals surface area contributed by atoms with Crippen LogP contribution in [0.4, 0.5) is 5.69 Å². The van der Waals surface area contributed by atoms with E-state index in [0.29, 0.717) is 5.69 Å². The highest BCUT2D eigenvalue weighted by Crippen LogP contribution is 2.16. The van der Waals surface area contributed by atoms with Gasteiger partial charge in [-0.25, -0.2) is 0 Å². The van der Waals surface area contributed by atoms with Gasteiger partial charge in [0.1, 0.15) is 5.75 Å². The van der Waals surface area contributed by atoms with Crippen LogP contribution in [0.2, 0.25) is 0 Å². The van der Waals surface area contributed by atoms with Crippen molar-refractivity contribution in [1.82, 2.24) is 0 Å². The molecule has 0 aliphatic rings.